The van der Waals surface area contributed by atoms with Crippen molar-refractivity contribution in [3.8, 4) is 11.7 Å². The van der Waals surface area contributed by atoms with Crippen LogP contribution in [-0.4, -0.2) is 59.3 Å². The Kier molecular flexibility index (Phi) is 8.69. The van der Waals surface area contributed by atoms with Crippen molar-refractivity contribution in [3.05, 3.63) is 48.2 Å². The van der Waals surface area contributed by atoms with Gasteiger partial charge in [-0.25, -0.2) is 19.4 Å². The van der Waals surface area contributed by atoms with Crippen LogP contribution in [0.15, 0.2) is 47.6 Å². The zero-order chi connectivity index (χ0) is 30.9. The SMILES string of the molecule is CC(C)C(COc1ccn(-c2ccc3c(n2)N2C[C@H](CCCNc4cccc(n4)S(=O)(=O)NC3=O)CC2(C)C)n1)C(C)C. The van der Waals surface area contributed by atoms with Crippen LogP contribution in [0.1, 0.15) is 71.2 Å². The standard InChI is InChI=1S/C31H43N7O4S/c1-20(2)24(21(3)4)19-42-27-14-16-38(35-27)26-13-12-23-29(34-26)37-18-22(17-31(37,5)6)9-8-15-32-25-10-7-11-28(33-25)43(40,41)36-30(23)39/h7,10-14,16,20-22,24H,8-9,15,17-19H2,1-6H3,(H,32,33)(H,36,39)/t22-/m1/s1. The maximum Gasteiger partial charge on any atom is 0.281 e. The minimum absolute atomic E-state index is 0.172. The molecule has 4 bridgehead atoms. The fourth-order valence-corrected chi connectivity index (χ4v) is 7.18. The summed E-state index contributed by atoms with van der Waals surface area (Å²) in [5.41, 5.74) is -0.132. The lowest BCUT2D eigenvalue weighted by atomic mass is 9.86. The first-order chi connectivity index (χ1) is 20.3. The first kappa shape index (κ1) is 30.8. The van der Waals surface area contributed by atoms with Crippen molar-refractivity contribution in [1.82, 2.24) is 24.5 Å². The van der Waals surface area contributed by atoms with Crippen molar-refractivity contribution in [2.24, 2.45) is 23.7 Å². The van der Waals surface area contributed by atoms with Crippen molar-refractivity contribution in [3.63, 3.8) is 0 Å². The van der Waals surface area contributed by atoms with Gasteiger partial charge in [-0.2, -0.15) is 8.42 Å². The van der Waals surface area contributed by atoms with Crippen LogP contribution in [0.4, 0.5) is 11.6 Å². The van der Waals surface area contributed by atoms with Gasteiger partial charge in [0.15, 0.2) is 10.8 Å². The summed E-state index contributed by atoms with van der Waals surface area (Å²) in [6.07, 6.45) is 4.57. The molecule has 12 heteroatoms. The predicted molar refractivity (Wildman–Crippen MR) is 166 cm³/mol. The third kappa shape index (κ3) is 6.79. The fraction of sp³-hybridized carbons (Fsp3) is 0.548. The summed E-state index contributed by atoms with van der Waals surface area (Å²) in [6, 6.07) is 9.79. The van der Waals surface area contributed by atoms with E-state index in [1.165, 1.54) is 6.07 Å². The van der Waals surface area contributed by atoms with E-state index in [0.717, 1.165) is 19.3 Å². The van der Waals surface area contributed by atoms with Crippen molar-refractivity contribution in [2.75, 3.05) is 29.9 Å². The Morgan fingerprint density at radius 3 is 2.58 bits per heavy atom. The molecule has 1 atom stereocenters. The second-order valence-electron chi connectivity index (χ2n) is 13.0. The Bertz CT molecular complexity index is 1560. The first-order valence-electron chi connectivity index (χ1n) is 15.1. The highest BCUT2D eigenvalue weighted by molar-refractivity contribution is 7.90. The van der Waals surface area contributed by atoms with Gasteiger partial charge in [-0.15, -0.1) is 5.10 Å². The molecular formula is C31H43N7O4S. The number of anilines is 2. The number of ether oxygens (including phenoxy) is 1. The average Bonchev–Trinajstić information content (AvgIpc) is 3.53. The van der Waals surface area contributed by atoms with Gasteiger partial charge in [-0.1, -0.05) is 33.8 Å². The van der Waals surface area contributed by atoms with E-state index < -0.39 is 15.9 Å². The average molecular weight is 610 g/mol. The molecule has 0 aliphatic carbocycles. The Morgan fingerprint density at radius 1 is 1.07 bits per heavy atom. The molecule has 3 aromatic rings. The molecule has 3 aromatic heterocycles. The molecule has 0 aromatic carbocycles. The van der Waals surface area contributed by atoms with Crippen molar-refractivity contribution in [2.45, 2.75) is 71.4 Å². The lowest BCUT2D eigenvalue weighted by Crippen LogP contribution is -2.41. The molecule has 11 nitrogen and oxygen atoms in total. The molecule has 5 rings (SSSR count). The van der Waals surface area contributed by atoms with Crippen LogP contribution in [0, 0.1) is 23.7 Å². The number of sulfonamides is 1. The van der Waals surface area contributed by atoms with Gasteiger partial charge in [0, 0.05) is 30.9 Å². The molecule has 0 spiro atoms. The number of nitrogens with one attached hydrogen (secondary N) is 2. The Balaban J connectivity index is 1.50. The summed E-state index contributed by atoms with van der Waals surface area (Å²) in [5, 5.41) is 7.60. The molecule has 0 radical (unpaired) electrons. The smallest absolute Gasteiger partial charge is 0.281 e. The van der Waals surface area contributed by atoms with Gasteiger partial charge < -0.3 is 15.0 Å². The van der Waals surface area contributed by atoms with Crippen LogP contribution in [0.5, 0.6) is 5.88 Å². The van der Waals surface area contributed by atoms with E-state index in [4.69, 9.17) is 9.72 Å². The number of nitrogens with zero attached hydrogens (tertiary/aromatic N) is 5. The van der Waals surface area contributed by atoms with Crippen molar-refractivity contribution in [1.29, 1.82) is 0 Å². The first-order valence-corrected chi connectivity index (χ1v) is 16.6. The lowest BCUT2D eigenvalue weighted by Gasteiger charge is -2.34. The largest absolute Gasteiger partial charge is 0.476 e. The normalized spacial score (nSPS) is 19.9. The number of pyridine rings is 2. The molecule has 2 aliphatic heterocycles. The minimum Gasteiger partial charge on any atom is -0.476 e. The molecular weight excluding hydrogens is 566 g/mol. The van der Waals surface area contributed by atoms with Crippen LogP contribution in [-0.2, 0) is 10.0 Å². The summed E-state index contributed by atoms with van der Waals surface area (Å²) in [6.45, 7) is 15.0. The van der Waals surface area contributed by atoms with Crippen molar-refractivity contribution < 1.29 is 17.9 Å². The number of hydrogen-bond acceptors (Lipinski definition) is 9. The van der Waals surface area contributed by atoms with Gasteiger partial charge in [-0.05, 0) is 81.0 Å². The second kappa shape index (κ2) is 12.1. The number of amides is 1. The molecule has 1 saturated heterocycles. The van der Waals surface area contributed by atoms with Gasteiger partial charge in [0.05, 0.1) is 12.2 Å². The monoisotopic (exact) mass is 609 g/mol. The van der Waals surface area contributed by atoms with Crippen LogP contribution < -0.4 is 19.7 Å². The number of carbonyl (C=O) groups is 1. The summed E-state index contributed by atoms with van der Waals surface area (Å²) in [5.74, 6) is 2.86. The highest BCUT2D eigenvalue weighted by Gasteiger charge is 2.41. The van der Waals surface area contributed by atoms with Crippen LogP contribution in [0.2, 0.25) is 0 Å². The number of aromatic nitrogens is 4. The van der Waals surface area contributed by atoms with Gasteiger partial charge in [0.2, 0.25) is 5.88 Å². The molecule has 43 heavy (non-hydrogen) atoms. The zero-order valence-electron chi connectivity index (χ0n) is 25.9. The van der Waals surface area contributed by atoms with E-state index in [9.17, 15) is 13.2 Å². The third-order valence-electron chi connectivity index (χ3n) is 8.58. The Labute approximate surface area is 254 Å². The molecule has 2 N–H and O–H groups in total. The second-order valence-corrected chi connectivity index (χ2v) is 14.6. The summed E-state index contributed by atoms with van der Waals surface area (Å²) >= 11 is 0. The van der Waals surface area contributed by atoms with Gasteiger partial charge >= 0.3 is 0 Å². The van der Waals surface area contributed by atoms with Crippen LogP contribution in [0.25, 0.3) is 5.82 Å². The minimum atomic E-state index is -4.23. The summed E-state index contributed by atoms with van der Waals surface area (Å²) in [7, 11) is -4.23. The number of fused-ring (bicyclic) bond motifs is 6. The molecule has 0 unspecified atom stereocenters. The number of rotatable bonds is 6. The maximum atomic E-state index is 13.6. The maximum absolute atomic E-state index is 13.6. The van der Waals surface area contributed by atoms with Crippen LogP contribution >= 0.6 is 0 Å². The predicted octanol–water partition coefficient (Wildman–Crippen LogP) is 4.90. The molecule has 5 heterocycles. The van der Waals surface area contributed by atoms with E-state index in [-0.39, 0.29) is 16.1 Å². The van der Waals surface area contributed by atoms with E-state index in [0.29, 0.717) is 66.7 Å². The summed E-state index contributed by atoms with van der Waals surface area (Å²) in [4.78, 5) is 24.9. The highest BCUT2D eigenvalue weighted by Crippen LogP contribution is 2.39. The van der Waals surface area contributed by atoms with E-state index in [1.54, 1.807) is 41.2 Å². The zero-order valence-corrected chi connectivity index (χ0v) is 26.7. The number of carbonyl (C=O) groups excluding carboxylic acids is 1. The van der Waals surface area contributed by atoms with Gasteiger partial charge in [0.25, 0.3) is 15.9 Å². The Morgan fingerprint density at radius 2 is 1.84 bits per heavy atom. The third-order valence-corrected chi connectivity index (χ3v) is 9.81. The van der Waals surface area contributed by atoms with E-state index >= 15 is 0 Å². The highest BCUT2D eigenvalue weighted by atomic mass is 32.2. The molecule has 1 amide bonds. The van der Waals surface area contributed by atoms with E-state index in [1.807, 2.05) is 0 Å². The van der Waals surface area contributed by atoms with Crippen LogP contribution in [0.3, 0.4) is 0 Å². The quantitative estimate of drug-likeness (QED) is 0.401. The van der Waals surface area contributed by atoms with Crippen molar-refractivity contribution >= 4 is 27.6 Å². The molecule has 1 fully saturated rings. The molecule has 0 saturated carbocycles. The van der Waals surface area contributed by atoms with Gasteiger partial charge in [0.1, 0.15) is 11.6 Å². The lowest BCUT2D eigenvalue weighted by molar-refractivity contribution is 0.0981. The van der Waals surface area contributed by atoms with Gasteiger partial charge in [-0.3, -0.25) is 4.79 Å². The fourth-order valence-electron chi connectivity index (χ4n) is 6.25. The Hall–Kier alpha value is -3.67. The number of hydrogen-bond donors (Lipinski definition) is 2. The molecule has 232 valence electrons. The topological polar surface area (TPSA) is 131 Å². The summed E-state index contributed by atoms with van der Waals surface area (Å²) < 4.78 is 36.3. The van der Waals surface area contributed by atoms with E-state index in [2.05, 4.69) is 66.6 Å². The molecule has 2 aliphatic rings.